The van der Waals surface area contributed by atoms with Gasteiger partial charge in [-0.1, -0.05) is 92.1 Å². The van der Waals surface area contributed by atoms with Crippen LogP contribution in [-0.2, 0) is 13.7 Å². The largest absolute Gasteiger partial charge is 0.277 e. The lowest BCUT2D eigenvalue weighted by Gasteiger charge is -2.39. The molecule has 0 saturated carbocycles. The van der Waals surface area contributed by atoms with E-state index in [2.05, 4.69) is 6.92 Å². The van der Waals surface area contributed by atoms with Gasteiger partial charge in [-0.3, -0.25) is 0 Å². The molecule has 0 N–H and O–H groups in total. The summed E-state index contributed by atoms with van der Waals surface area (Å²) >= 11 is 0. The van der Waals surface area contributed by atoms with Gasteiger partial charge in [0, 0.05) is 14.7 Å². The number of benzene rings is 3. The molecule has 0 aliphatic carbocycles. The molecule has 0 amide bonds. The maximum absolute atomic E-state index is 13.5. The first-order chi connectivity index (χ1) is 16.3. The summed E-state index contributed by atoms with van der Waals surface area (Å²) in [5.74, 6) is 0.0391. The summed E-state index contributed by atoms with van der Waals surface area (Å²) in [6, 6.07) is 24.3. The van der Waals surface area contributed by atoms with Crippen LogP contribution in [0.15, 0.2) is 87.5 Å². The van der Waals surface area contributed by atoms with E-state index in [0.717, 1.165) is 50.6 Å². The Morgan fingerprint density at radius 3 is 1.29 bits per heavy atom. The number of hydrogen-bond acceptors (Lipinski definition) is 3. The monoisotopic (exact) mass is 498 g/mol. The highest BCUT2D eigenvalue weighted by molar-refractivity contribution is 8.33. The maximum atomic E-state index is 13.5. The molecule has 0 heterocycles. The fourth-order valence-electron chi connectivity index (χ4n) is 3.96. The van der Waals surface area contributed by atoms with Crippen molar-refractivity contribution < 1.29 is 12.0 Å². The van der Waals surface area contributed by atoms with Gasteiger partial charge < -0.3 is 0 Å². The Labute approximate surface area is 208 Å². The van der Waals surface area contributed by atoms with E-state index in [1.165, 1.54) is 12.8 Å². The van der Waals surface area contributed by atoms with Gasteiger partial charge in [-0.15, -0.1) is 0 Å². The summed E-state index contributed by atoms with van der Waals surface area (Å²) in [4.78, 5) is 2.66. The molecule has 0 radical (unpaired) electrons. The second-order valence-electron chi connectivity index (χ2n) is 9.09. The molecule has 0 unspecified atom stereocenters. The first-order valence-corrected chi connectivity index (χ1v) is 15.4. The predicted molar refractivity (Wildman–Crippen MR) is 144 cm³/mol. The van der Waals surface area contributed by atoms with Gasteiger partial charge in [-0.05, 0) is 73.9 Å². The first kappa shape index (κ1) is 26.5. The van der Waals surface area contributed by atoms with Crippen LogP contribution in [-0.4, -0.2) is 14.2 Å². The molecule has 3 rings (SSSR count). The molecule has 184 valence electrons. The Bertz CT molecular complexity index is 1020. The van der Waals surface area contributed by atoms with Crippen molar-refractivity contribution in [1.82, 2.24) is 0 Å². The average Bonchev–Trinajstić information content (AvgIpc) is 2.81. The van der Waals surface area contributed by atoms with Crippen LogP contribution in [0.1, 0.15) is 62.1 Å². The second kappa shape index (κ2) is 12.1. The Balaban J connectivity index is 2.07. The average molecular weight is 499 g/mol. The van der Waals surface area contributed by atoms with Crippen molar-refractivity contribution in [2.45, 2.75) is 80.9 Å². The van der Waals surface area contributed by atoms with E-state index in [-0.39, 0.29) is 5.75 Å². The Morgan fingerprint density at radius 2 is 0.912 bits per heavy atom. The normalized spacial score (nSPS) is 12.6. The molecule has 0 atom stereocenters. The lowest BCUT2D eigenvalue weighted by Crippen LogP contribution is -2.17. The van der Waals surface area contributed by atoms with E-state index in [0.29, 0.717) is 6.42 Å². The molecule has 0 fully saturated rings. The van der Waals surface area contributed by atoms with Crippen LogP contribution < -0.4 is 0 Å². The van der Waals surface area contributed by atoms with Gasteiger partial charge >= 0.3 is 0 Å². The predicted octanol–water partition coefficient (Wildman–Crippen LogP) is 8.52. The van der Waals surface area contributed by atoms with E-state index in [1.807, 2.05) is 93.6 Å². The van der Waals surface area contributed by atoms with E-state index < -0.39 is 20.4 Å². The smallest absolute Gasteiger partial charge is 0.207 e. The summed E-state index contributed by atoms with van der Waals surface area (Å²) in [6.45, 7) is 8.29. The molecule has 0 aliphatic rings. The fraction of sp³-hybridized carbons (Fsp3) is 0.379. The number of unbranched alkanes of at least 4 members (excludes halogenated alkanes) is 5. The van der Waals surface area contributed by atoms with Crippen molar-refractivity contribution in [3.05, 3.63) is 89.5 Å². The van der Waals surface area contributed by atoms with E-state index >= 15 is 0 Å². The second-order valence-corrected chi connectivity index (χ2v) is 13.7. The molecular formula is C29H38O3S2. The van der Waals surface area contributed by atoms with Crippen LogP contribution in [0, 0.1) is 20.8 Å². The fourth-order valence-corrected chi connectivity index (χ4v) is 9.36. The van der Waals surface area contributed by atoms with Crippen molar-refractivity contribution >= 4 is 20.4 Å². The highest BCUT2D eigenvalue weighted by Crippen LogP contribution is 2.70. The standard InChI is InChI=1S/C29H38O3S2/c1-5-6-7-8-9-10-23-33(30,31)32-34(27-17-11-24(2)12-18-27,28-19-13-25(3)14-20-28)29-21-15-26(4)16-22-29/h11-22H,5-10,23H2,1-4H3. The molecule has 0 saturated heterocycles. The van der Waals surface area contributed by atoms with Crippen LogP contribution in [0.2, 0.25) is 0 Å². The summed E-state index contributed by atoms with van der Waals surface area (Å²) in [7, 11) is -6.25. The van der Waals surface area contributed by atoms with Crippen molar-refractivity contribution in [2.75, 3.05) is 5.75 Å². The quantitative estimate of drug-likeness (QED) is 0.235. The minimum absolute atomic E-state index is 0.0391. The third kappa shape index (κ3) is 6.74. The Kier molecular flexibility index (Phi) is 9.40. The summed E-state index contributed by atoms with van der Waals surface area (Å²) < 4.78 is 33.3. The molecule has 3 aromatic rings. The zero-order chi connectivity index (χ0) is 24.6. The zero-order valence-corrected chi connectivity index (χ0v) is 22.6. The van der Waals surface area contributed by atoms with Crippen LogP contribution >= 0.6 is 10.3 Å². The zero-order valence-electron chi connectivity index (χ0n) is 20.9. The van der Waals surface area contributed by atoms with Crippen LogP contribution in [0.5, 0.6) is 0 Å². The molecular weight excluding hydrogens is 460 g/mol. The number of hydrogen-bond donors (Lipinski definition) is 0. The van der Waals surface area contributed by atoms with Gasteiger partial charge in [-0.2, -0.15) is 8.42 Å². The lowest BCUT2D eigenvalue weighted by molar-refractivity contribution is 0.503. The van der Waals surface area contributed by atoms with Gasteiger partial charge in [0.1, 0.15) is 0 Å². The van der Waals surface area contributed by atoms with Crippen molar-refractivity contribution in [2.24, 2.45) is 0 Å². The third-order valence-corrected chi connectivity index (χ3v) is 11.3. The van der Waals surface area contributed by atoms with E-state index in [1.54, 1.807) is 0 Å². The third-order valence-electron chi connectivity index (χ3n) is 6.01. The summed E-state index contributed by atoms with van der Waals surface area (Å²) in [6.07, 6.45) is 6.13. The molecule has 0 spiro atoms. The molecule has 34 heavy (non-hydrogen) atoms. The highest BCUT2D eigenvalue weighted by Gasteiger charge is 2.37. The van der Waals surface area contributed by atoms with Gasteiger partial charge in [0.25, 0.3) is 10.1 Å². The number of aryl methyl sites for hydroxylation is 3. The Hall–Kier alpha value is -2.08. The van der Waals surface area contributed by atoms with E-state index in [9.17, 15) is 8.42 Å². The molecule has 3 nitrogen and oxygen atoms in total. The lowest BCUT2D eigenvalue weighted by atomic mass is 10.1. The molecule has 5 heteroatoms. The van der Waals surface area contributed by atoms with Crippen LogP contribution in [0.3, 0.4) is 0 Å². The highest BCUT2D eigenvalue weighted by atomic mass is 32.3. The minimum atomic E-state index is -3.77. The summed E-state index contributed by atoms with van der Waals surface area (Å²) in [5, 5.41) is 0. The van der Waals surface area contributed by atoms with Gasteiger partial charge in [0.15, 0.2) is 0 Å². The van der Waals surface area contributed by atoms with Crippen LogP contribution in [0.4, 0.5) is 0 Å². The SMILES string of the molecule is CCCCCCCCS(=O)(=O)OS(c1ccc(C)cc1)(c1ccc(C)cc1)c1ccc(C)cc1. The Morgan fingerprint density at radius 1 is 0.559 bits per heavy atom. The van der Waals surface area contributed by atoms with Gasteiger partial charge in [0.05, 0.1) is 5.75 Å². The minimum Gasteiger partial charge on any atom is -0.207 e. The topological polar surface area (TPSA) is 43.4 Å². The molecule has 0 aromatic heterocycles. The van der Waals surface area contributed by atoms with Gasteiger partial charge in [-0.25, -0.2) is 3.63 Å². The molecule has 0 bridgehead atoms. The number of rotatable bonds is 12. The van der Waals surface area contributed by atoms with E-state index in [4.69, 9.17) is 3.63 Å². The molecule has 3 aromatic carbocycles. The first-order valence-electron chi connectivity index (χ1n) is 12.2. The van der Waals surface area contributed by atoms with Crippen molar-refractivity contribution in [1.29, 1.82) is 0 Å². The summed E-state index contributed by atoms with van der Waals surface area (Å²) in [5.41, 5.74) is 3.37. The molecule has 0 aliphatic heterocycles. The van der Waals surface area contributed by atoms with Gasteiger partial charge in [0.2, 0.25) is 0 Å². The van der Waals surface area contributed by atoms with Crippen molar-refractivity contribution in [3.63, 3.8) is 0 Å². The maximum Gasteiger partial charge on any atom is 0.277 e. The van der Waals surface area contributed by atoms with Crippen LogP contribution in [0.25, 0.3) is 0 Å². The van der Waals surface area contributed by atoms with Crippen molar-refractivity contribution in [3.8, 4) is 0 Å².